The van der Waals surface area contributed by atoms with Gasteiger partial charge in [0.15, 0.2) is 0 Å². The molecule has 17 heteroatoms. The molecule has 330 valence electrons. The van der Waals surface area contributed by atoms with E-state index in [2.05, 4.69) is 22.1 Å². The van der Waals surface area contributed by atoms with E-state index in [0.29, 0.717) is 72.1 Å². The normalized spacial score (nSPS) is 10.6. The molecule has 0 aliphatic rings. The molecule has 0 radical (unpaired) electrons. The number of primary amides is 3. The van der Waals surface area contributed by atoms with Crippen LogP contribution in [-0.4, -0.2) is 37.4 Å². The van der Waals surface area contributed by atoms with Gasteiger partial charge < -0.3 is 36.8 Å². The van der Waals surface area contributed by atoms with Gasteiger partial charge in [-0.15, -0.1) is 0 Å². The average molecular weight is 933 g/mol. The number of halogens is 4. The molecule has 13 nitrogen and oxygen atoms in total. The molecule has 0 bridgehead atoms. The lowest BCUT2D eigenvalue weighted by molar-refractivity contribution is 0.0985. The Bertz CT molecular complexity index is 3610. The minimum Gasteiger partial charge on any atom is -0.392 e. The fourth-order valence-electron chi connectivity index (χ4n) is 7.48. The third-order valence-electron chi connectivity index (χ3n) is 10.7. The van der Waals surface area contributed by atoms with Gasteiger partial charge in [-0.1, -0.05) is 59.6 Å². The first kappa shape index (κ1) is 46.2. The molecule has 0 atom stereocenters. The van der Waals surface area contributed by atoms with E-state index in [9.17, 15) is 33.7 Å². The highest BCUT2D eigenvalue weighted by atomic mass is 35.5. The van der Waals surface area contributed by atoms with E-state index in [1.54, 1.807) is 78.3 Å². The first-order chi connectivity index (χ1) is 32.0. The number of aliphatic hydroxyl groups excluding tert-OH is 1. The summed E-state index contributed by atoms with van der Waals surface area (Å²) in [5.41, 5.74) is 25.0. The zero-order chi connectivity index (χ0) is 48.3. The van der Waals surface area contributed by atoms with Crippen molar-refractivity contribution in [2.45, 2.75) is 6.61 Å². The number of benzene rings is 6. The maximum atomic E-state index is 13.8. The predicted octanol–water partition coefficient (Wildman–Crippen LogP) is 9.50. The van der Waals surface area contributed by atoms with Crippen LogP contribution in [0, 0.1) is 45.6 Å². The van der Waals surface area contributed by atoms with Crippen molar-refractivity contribution in [3.8, 4) is 51.6 Å². The quantitative estimate of drug-likeness (QED) is 0.0901. The molecular weight excluding hydrogens is 900 g/mol. The van der Waals surface area contributed by atoms with Crippen LogP contribution >= 0.6 is 23.2 Å². The number of amides is 3. The number of hydrogen-bond donors (Lipinski definition) is 6. The largest absolute Gasteiger partial charge is 0.392 e. The van der Waals surface area contributed by atoms with Crippen LogP contribution in [0.1, 0.15) is 53.7 Å². The number of rotatable bonds is 7. The highest BCUT2D eigenvalue weighted by molar-refractivity contribution is 6.31. The Balaban J connectivity index is 0.000000149. The van der Waals surface area contributed by atoms with E-state index < -0.39 is 29.4 Å². The second-order valence-corrected chi connectivity index (χ2v) is 15.7. The van der Waals surface area contributed by atoms with Crippen LogP contribution in [0.25, 0.3) is 66.1 Å². The standard InChI is InChI=1S/C17H11ClFN3O.C17H13N3O2.C16H9ClFN3O/c1-22-15(17(21)23)7-11-4-9(8-20)5-12(16(11)22)10-2-3-13(18)14(19)6-10;18-8-11-5-13-7-15(17(19)22)20-16(13)14(6-11)12-3-1-10(9-21)2-4-12;17-12-2-1-9(5-13(12)18)11-4-8(7-19)3-10-6-14(16(20)22)21-15(10)11/h2-7H,1H3,(H2,21,23);1-7,20-21H,9H2,(H2,19,22);1-6,21H,(H2,20,22). The molecule has 0 spiro atoms. The van der Waals surface area contributed by atoms with Crippen molar-refractivity contribution in [2.75, 3.05) is 0 Å². The number of aromatic nitrogens is 3. The van der Waals surface area contributed by atoms with E-state index in [4.69, 9.17) is 50.8 Å². The maximum Gasteiger partial charge on any atom is 0.265 e. The van der Waals surface area contributed by atoms with Crippen molar-refractivity contribution >= 4 is 73.6 Å². The van der Waals surface area contributed by atoms with Crippen LogP contribution in [0.5, 0.6) is 0 Å². The average Bonchev–Trinajstić information content (AvgIpc) is 4.06. The van der Waals surface area contributed by atoms with Crippen LogP contribution < -0.4 is 17.2 Å². The van der Waals surface area contributed by atoms with Crippen LogP contribution in [0.15, 0.2) is 115 Å². The van der Waals surface area contributed by atoms with Crippen LogP contribution in [0.4, 0.5) is 8.78 Å². The Kier molecular flexibility index (Phi) is 13.2. The third kappa shape index (κ3) is 9.54. The van der Waals surface area contributed by atoms with Gasteiger partial charge >= 0.3 is 0 Å². The number of hydrogen-bond acceptors (Lipinski definition) is 7. The molecule has 0 saturated carbocycles. The lowest BCUT2D eigenvalue weighted by atomic mass is 9.99. The lowest BCUT2D eigenvalue weighted by Crippen LogP contribution is -2.15. The summed E-state index contributed by atoms with van der Waals surface area (Å²) < 4.78 is 29.1. The summed E-state index contributed by atoms with van der Waals surface area (Å²) in [7, 11) is 1.70. The molecule has 3 heterocycles. The van der Waals surface area contributed by atoms with Crippen molar-refractivity contribution in [1.82, 2.24) is 14.5 Å². The summed E-state index contributed by atoms with van der Waals surface area (Å²) in [6.45, 7) is -0.0255. The molecule has 0 unspecified atom stereocenters. The molecular formula is C50H33Cl2F2N9O4. The summed E-state index contributed by atoms with van der Waals surface area (Å²) in [4.78, 5) is 40.1. The number of nitrogens with one attached hydrogen (secondary N) is 2. The van der Waals surface area contributed by atoms with Crippen molar-refractivity contribution in [2.24, 2.45) is 24.2 Å². The van der Waals surface area contributed by atoms with E-state index in [1.807, 2.05) is 30.3 Å². The Morgan fingerprint density at radius 1 is 0.582 bits per heavy atom. The molecule has 67 heavy (non-hydrogen) atoms. The molecule has 3 aromatic heterocycles. The van der Waals surface area contributed by atoms with E-state index >= 15 is 0 Å². The number of nitriles is 3. The van der Waals surface area contributed by atoms with Gasteiger partial charge in [-0.05, 0) is 101 Å². The number of carbonyl (C=O) groups excluding carboxylic acids is 3. The monoisotopic (exact) mass is 931 g/mol. The molecule has 0 saturated heterocycles. The second kappa shape index (κ2) is 19.1. The molecule has 9 N–H and O–H groups in total. The molecule has 9 aromatic rings. The molecule has 9 rings (SSSR count). The lowest BCUT2D eigenvalue weighted by Gasteiger charge is -2.09. The number of H-pyrrole nitrogens is 2. The van der Waals surface area contributed by atoms with Crippen molar-refractivity contribution in [3.05, 3.63) is 176 Å². The molecule has 0 aliphatic heterocycles. The van der Waals surface area contributed by atoms with Gasteiger partial charge in [-0.2, -0.15) is 15.8 Å². The van der Waals surface area contributed by atoms with E-state index in [0.717, 1.165) is 27.6 Å². The van der Waals surface area contributed by atoms with Gasteiger partial charge in [0.2, 0.25) is 0 Å². The van der Waals surface area contributed by atoms with Gasteiger partial charge in [0.05, 0.1) is 68.1 Å². The van der Waals surface area contributed by atoms with Gasteiger partial charge in [-0.3, -0.25) is 14.4 Å². The van der Waals surface area contributed by atoms with E-state index in [1.165, 1.54) is 24.3 Å². The Morgan fingerprint density at radius 3 is 1.42 bits per heavy atom. The molecule has 0 aliphatic carbocycles. The number of aliphatic hydroxyl groups is 1. The maximum absolute atomic E-state index is 13.8. The summed E-state index contributed by atoms with van der Waals surface area (Å²) >= 11 is 11.4. The fourth-order valence-corrected chi connectivity index (χ4v) is 7.72. The summed E-state index contributed by atoms with van der Waals surface area (Å²) in [6, 6.07) is 37.2. The first-order valence-electron chi connectivity index (χ1n) is 19.7. The number of fused-ring (bicyclic) bond motifs is 3. The summed E-state index contributed by atoms with van der Waals surface area (Å²) in [5, 5.41) is 38.8. The summed E-state index contributed by atoms with van der Waals surface area (Å²) in [5.74, 6) is -2.84. The fraction of sp³-hybridized carbons (Fsp3) is 0.0400. The highest BCUT2D eigenvalue weighted by Gasteiger charge is 2.18. The highest BCUT2D eigenvalue weighted by Crippen LogP contribution is 2.35. The van der Waals surface area contributed by atoms with Gasteiger partial charge in [0.25, 0.3) is 17.7 Å². The molecule has 3 amide bonds. The van der Waals surface area contributed by atoms with Gasteiger partial charge in [0, 0.05) is 39.9 Å². The van der Waals surface area contributed by atoms with Crippen molar-refractivity contribution < 1.29 is 28.3 Å². The van der Waals surface area contributed by atoms with Gasteiger partial charge in [0.1, 0.15) is 28.7 Å². The minimum absolute atomic E-state index is 0.0146. The third-order valence-corrected chi connectivity index (χ3v) is 11.3. The Morgan fingerprint density at radius 2 is 1.00 bits per heavy atom. The molecule has 6 aromatic carbocycles. The predicted molar refractivity (Wildman–Crippen MR) is 251 cm³/mol. The minimum atomic E-state index is -0.608. The number of nitrogens with two attached hydrogens (primary N) is 3. The molecule has 0 fully saturated rings. The van der Waals surface area contributed by atoms with Gasteiger partial charge in [-0.25, -0.2) is 8.78 Å². The zero-order valence-electron chi connectivity index (χ0n) is 34.9. The smallest absolute Gasteiger partial charge is 0.265 e. The second-order valence-electron chi connectivity index (χ2n) is 14.9. The number of aromatic amines is 2. The van der Waals surface area contributed by atoms with Crippen LogP contribution in [0.3, 0.4) is 0 Å². The number of nitrogens with zero attached hydrogens (tertiary/aromatic N) is 4. The SMILES string of the molecule is Cn1c(C(N)=O)cc2cc(C#N)cc(-c3ccc(Cl)c(F)c3)c21.N#Cc1cc(-c2ccc(CO)cc2)c2[nH]c(C(N)=O)cc2c1.N#Cc1cc(-c2ccc(Cl)c(F)c2)c2[nH]c(C(N)=O)cc2c1. The van der Waals surface area contributed by atoms with Crippen molar-refractivity contribution in [3.63, 3.8) is 0 Å². The number of aryl methyl sites for hydroxylation is 1. The topological polar surface area (TPSA) is 257 Å². The van der Waals surface area contributed by atoms with E-state index in [-0.39, 0.29) is 22.3 Å². The van der Waals surface area contributed by atoms with Crippen LogP contribution in [-0.2, 0) is 13.7 Å². The van der Waals surface area contributed by atoms with Crippen molar-refractivity contribution in [1.29, 1.82) is 15.8 Å². The Hall–Kier alpha value is -8.78. The number of carbonyl (C=O) groups is 3. The summed E-state index contributed by atoms with van der Waals surface area (Å²) in [6.07, 6.45) is 0. The first-order valence-corrected chi connectivity index (χ1v) is 20.5. The van der Waals surface area contributed by atoms with Crippen LogP contribution in [0.2, 0.25) is 10.0 Å². The zero-order valence-corrected chi connectivity index (χ0v) is 36.4. The Labute approximate surface area is 389 Å².